The fourth-order valence-electron chi connectivity index (χ4n) is 7.71. The van der Waals surface area contributed by atoms with Crippen LogP contribution in [0.25, 0.3) is 10.8 Å². The van der Waals surface area contributed by atoms with E-state index in [0.29, 0.717) is 43.5 Å². The Morgan fingerprint density at radius 3 is 2.70 bits per heavy atom. The molecule has 0 spiro atoms. The number of Topliss-reactive ketones (excluding diaryl/α,β-unsaturated/α-hetero) is 1. The number of nitrogens with zero attached hydrogens (tertiary/aromatic N) is 2. The number of amides is 2. The van der Waals surface area contributed by atoms with E-state index in [9.17, 15) is 27.2 Å². The summed E-state index contributed by atoms with van der Waals surface area (Å²) in [6.07, 6.45) is 10.7. The third-order valence-electron chi connectivity index (χ3n) is 11.3. The van der Waals surface area contributed by atoms with Crippen molar-refractivity contribution in [1.29, 1.82) is 0 Å². The van der Waals surface area contributed by atoms with E-state index in [4.69, 9.17) is 4.74 Å². The molecule has 3 fully saturated rings. The largest absolute Gasteiger partial charge is 0.472 e. The van der Waals surface area contributed by atoms with Gasteiger partial charge in [-0.2, -0.15) is 0 Å². The van der Waals surface area contributed by atoms with E-state index < -0.39 is 44.2 Å². The summed E-state index contributed by atoms with van der Waals surface area (Å²) in [6.45, 7) is 1.77. The molecule has 3 aromatic rings. The van der Waals surface area contributed by atoms with Gasteiger partial charge in [-0.25, -0.2) is 17.8 Å². The first kappa shape index (κ1) is 34.3. The predicted octanol–water partition coefficient (Wildman–Crippen LogP) is 6.07. The van der Waals surface area contributed by atoms with Crippen molar-refractivity contribution in [2.24, 2.45) is 17.3 Å². The van der Waals surface area contributed by atoms with Crippen LogP contribution in [0.3, 0.4) is 0 Å². The van der Waals surface area contributed by atoms with Crippen LogP contribution in [0.2, 0.25) is 0 Å². The van der Waals surface area contributed by atoms with Gasteiger partial charge in [-0.3, -0.25) is 19.1 Å². The van der Waals surface area contributed by atoms with E-state index >= 15 is 0 Å². The van der Waals surface area contributed by atoms with Crippen molar-refractivity contribution in [3.63, 3.8) is 0 Å². The van der Waals surface area contributed by atoms with Crippen molar-refractivity contribution in [2.75, 3.05) is 6.54 Å². The maximum atomic E-state index is 14.6. The van der Waals surface area contributed by atoms with E-state index in [1.807, 2.05) is 48.6 Å². The molecule has 2 amide bonds. The number of allylic oxidation sites excluding steroid dienone is 2. The molecule has 5 atom stereocenters. The summed E-state index contributed by atoms with van der Waals surface area (Å²) < 4.78 is 48.3. The summed E-state index contributed by atoms with van der Waals surface area (Å²) in [6, 6.07) is 15.0. The second kappa shape index (κ2) is 13.5. The minimum atomic E-state index is -3.91. The minimum absolute atomic E-state index is 0.148. The van der Waals surface area contributed by atoms with Gasteiger partial charge in [-0.15, -0.1) is 0 Å². The number of pyridine rings is 1. The van der Waals surface area contributed by atoms with Gasteiger partial charge in [0.25, 0.3) is 0 Å². The van der Waals surface area contributed by atoms with E-state index in [1.54, 1.807) is 24.1 Å². The van der Waals surface area contributed by atoms with Gasteiger partial charge in [0.15, 0.2) is 5.78 Å². The van der Waals surface area contributed by atoms with Gasteiger partial charge in [0.1, 0.15) is 11.9 Å². The van der Waals surface area contributed by atoms with Crippen LogP contribution >= 0.6 is 0 Å². The summed E-state index contributed by atoms with van der Waals surface area (Å²) in [7, 11) is -3.91. The summed E-state index contributed by atoms with van der Waals surface area (Å²) in [5, 5.41) is 1.76. The molecular formula is C39H44FN3O6S. The van der Waals surface area contributed by atoms with Gasteiger partial charge < -0.3 is 9.64 Å². The number of halogens is 1. The average molecular weight is 702 g/mol. The summed E-state index contributed by atoms with van der Waals surface area (Å²) in [4.78, 5) is 48.9. The van der Waals surface area contributed by atoms with Gasteiger partial charge in [0.05, 0.1) is 22.7 Å². The first-order valence-corrected chi connectivity index (χ1v) is 19.3. The molecule has 11 heteroatoms. The molecule has 2 aliphatic carbocycles. The molecule has 9 nitrogen and oxygen atoms in total. The van der Waals surface area contributed by atoms with Crippen molar-refractivity contribution in [3.8, 4) is 5.88 Å². The summed E-state index contributed by atoms with van der Waals surface area (Å²) >= 11 is 0. The van der Waals surface area contributed by atoms with Crippen molar-refractivity contribution < 1.29 is 31.9 Å². The number of benzene rings is 2. The van der Waals surface area contributed by atoms with Crippen molar-refractivity contribution in [1.82, 2.24) is 14.6 Å². The Balaban J connectivity index is 1.20. The summed E-state index contributed by atoms with van der Waals surface area (Å²) in [5.74, 6) is -1.87. The van der Waals surface area contributed by atoms with Gasteiger partial charge in [-0.1, -0.05) is 55.3 Å². The molecule has 0 radical (unpaired) electrons. The molecule has 7 rings (SSSR count). The first-order chi connectivity index (χ1) is 24.0. The van der Waals surface area contributed by atoms with Crippen LogP contribution in [0, 0.1) is 23.1 Å². The average Bonchev–Trinajstić information content (AvgIpc) is 3.97. The molecule has 0 bridgehead atoms. The van der Waals surface area contributed by atoms with Gasteiger partial charge in [-0.05, 0) is 93.0 Å². The fraction of sp³-hybridized carbons (Fsp3) is 0.487. The number of ether oxygens (including phenoxy) is 1. The van der Waals surface area contributed by atoms with E-state index in [0.717, 1.165) is 36.5 Å². The van der Waals surface area contributed by atoms with Crippen molar-refractivity contribution in [2.45, 2.75) is 94.4 Å². The number of sulfonamides is 1. The third kappa shape index (κ3) is 6.93. The molecule has 4 aliphatic rings. The molecule has 2 aliphatic heterocycles. The lowest BCUT2D eigenvalue weighted by molar-refractivity contribution is -0.142. The van der Waals surface area contributed by atoms with E-state index in [-0.39, 0.29) is 42.8 Å². The Morgan fingerprint density at radius 1 is 1.08 bits per heavy atom. The fourth-order valence-corrected chi connectivity index (χ4v) is 9.05. The monoisotopic (exact) mass is 701 g/mol. The van der Waals surface area contributed by atoms with E-state index in [2.05, 4.69) is 9.71 Å². The normalized spacial score (nSPS) is 28.9. The van der Waals surface area contributed by atoms with Gasteiger partial charge in [0, 0.05) is 30.3 Å². The first-order valence-electron chi connectivity index (χ1n) is 17.8. The van der Waals surface area contributed by atoms with E-state index in [1.165, 1.54) is 12.1 Å². The maximum absolute atomic E-state index is 14.6. The van der Waals surface area contributed by atoms with Crippen LogP contribution in [0.15, 0.2) is 72.9 Å². The molecule has 1 N–H and O–H groups in total. The number of hydrogen-bond acceptors (Lipinski definition) is 7. The standard InChI is InChI=1S/C39H44FN3O6S/c1-38(17-18-38)50(47,48)42-37(46)39-23-29(39)13-6-4-2-3-5-12-28(20-26-10-9-14-30(40)21-26)36(45)43-25-31(22-33(43)34(44)24-39)49-35-32-15-8-7-11-27(32)16-19-41-35/h6-11,13-16,19,21,28-29,31,33H,2-5,12,17-18,20,22-25H2,1H3,(H,42,46)/b13-6-/t28-,29-,31-,33+,39-/m1/s1. The SMILES string of the molecule is CC1(S(=O)(=O)NC(=O)[C@]23CC(=O)[C@@H]4C[C@@H](Oc5nccc6ccccc56)CN4C(=O)[C@@H](Cc4cccc(F)c4)CCCCC/C=C\[C@@H]2C3)CC1. The molecule has 264 valence electrons. The second-order valence-corrected chi connectivity index (χ2v) is 17.1. The number of carbonyl (C=O) groups is 3. The van der Waals surface area contributed by atoms with Crippen LogP contribution < -0.4 is 9.46 Å². The van der Waals surface area contributed by atoms with Crippen molar-refractivity contribution >= 4 is 38.4 Å². The number of aromatic nitrogens is 1. The predicted molar refractivity (Wildman–Crippen MR) is 187 cm³/mol. The summed E-state index contributed by atoms with van der Waals surface area (Å²) in [5.41, 5.74) is -0.501. The lowest BCUT2D eigenvalue weighted by atomic mass is 9.90. The molecule has 2 aromatic carbocycles. The Kier molecular flexibility index (Phi) is 9.30. The Morgan fingerprint density at radius 2 is 1.90 bits per heavy atom. The molecule has 50 heavy (non-hydrogen) atoms. The zero-order valence-corrected chi connectivity index (χ0v) is 29.2. The zero-order valence-electron chi connectivity index (χ0n) is 28.4. The van der Waals surface area contributed by atoms with Gasteiger partial charge in [0.2, 0.25) is 27.7 Å². The number of ketones is 1. The number of hydrogen-bond donors (Lipinski definition) is 1. The quantitative estimate of drug-likeness (QED) is 0.297. The van der Waals surface area contributed by atoms with Crippen LogP contribution in [0.1, 0.15) is 76.7 Å². The molecule has 2 saturated carbocycles. The zero-order chi connectivity index (χ0) is 35.1. The number of nitrogens with one attached hydrogen (secondary N) is 1. The minimum Gasteiger partial charge on any atom is -0.472 e. The van der Waals surface area contributed by atoms with Crippen LogP contribution in [-0.4, -0.2) is 59.3 Å². The lowest BCUT2D eigenvalue weighted by Gasteiger charge is -2.29. The highest BCUT2D eigenvalue weighted by Crippen LogP contribution is 2.57. The molecule has 1 saturated heterocycles. The Bertz CT molecular complexity index is 1940. The number of carbonyl (C=O) groups excluding carboxylic acids is 3. The highest BCUT2D eigenvalue weighted by atomic mass is 32.2. The highest BCUT2D eigenvalue weighted by molar-refractivity contribution is 7.91. The van der Waals surface area contributed by atoms with Crippen LogP contribution in [-0.2, 0) is 30.8 Å². The highest BCUT2D eigenvalue weighted by Gasteiger charge is 2.62. The molecule has 3 heterocycles. The van der Waals surface area contributed by atoms with Gasteiger partial charge >= 0.3 is 0 Å². The van der Waals surface area contributed by atoms with Crippen molar-refractivity contribution in [3.05, 3.63) is 84.3 Å². The lowest BCUT2D eigenvalue weighted by Crippen LogP contribution is -2.47. The molecular weight excluding hydrogens is 658 g/mol. The number of fused-ring (bicyclic) bond motifs is 3. The molecule has 1 aromatic heterocycles. The number of rotatable bonds is 7. The van der Waals surface area contributed by atoms with Crippen LogP contribution in [0.4, 0.5) is 4.39 Å². The maximum Gasteiger partial charge on any atom is 0.240 e. The van der Waals surface area contributed by atoms with Crippen LogP contribution in [0.5, 0.6) is 5.88 Å². The topological polar surface area (TPSA) is 123 Å². The Hall–Kier alpha value is -4.12. The second-order valence-electron chi connectivity index (χ2n) is 14.9. The third-order valence-corrected chi connectivity index (χ3v) is 13.4. The Labute approximate surface area is 292 Å². The molecule has 0 unspecified atom stereocenters. The smallest absolute Gasteiger partial charge is 0.240 e.